The van der Waals surface area contributed by atoms with Gasteiger partial charge in [0.2, 0.25) is 0 Å². The van der Waals surface area contributed by atoms with E-state index in [4.69, 9.17) is 5.73 Å². The highest BCUT2D eigenvalue weighted by Crippen LogP contribution is 2.22. The molecule has 0 unspecified atom stereocenters. The summed E-state index contributed by atoms with van der Waals surface area (Å²) in [6, 6.07) is 5.96. The van der Waals surface area contributed by atoms with E-state index in [1.54, 1.807) is 16.7 Å². The molecular weight excluding hydrogens is 363 g/mol. The fourth-order valence-corrected chi connectivity index (χ4v) is 3.98. The molecule has 0 amide bonds. The first-order chi connectivity index (χ1) is 10.4. The highest BCUT2D eigenvalue weighted by atomic mass is 35.5. The van der Waals surface area contributed by atoms with Gasteiger partial charge in [-0.1, -0.05) is 11.8 Å². The third-order valence-electron chi connectivity index (χ3n) is 2.84. The Morgan fingerprint density at radius 3 is 2.48 bits per heavy atom. The molecule has 0 saturated carbocycles. The second kappa shape index (κ2) is 8.62. The Hall–Kier alpha value is -1.16. The van der Waals surface area contributed by atoms with Gasteiger partial charge in [0.1, 0.15) is 21.5 Å². The van der Waals surface area contributed by atoms with Gasteiger partial charge in [0.15, 0.2) is 5.16 Å². The summed E-state index contributed by atoms with van der Waals surface area (Å²) >= 11 is 1.30. The fraction of sp³-hybridized carbons (Fsp3) is 0.385. The highest BCUT2D eigenvalue weighted by molar-refractivity contribution is 8.00. The Kier molecular flexibility index (Phi) is 7.46. The van der Waals surface area contributed by atoms with Crippen molar-refractivity contribution in [2.45, 2.75) is 11.6 Å². The van der Waals surface area contributed by atoms with Crippen molar-refractivity contribution in [1.29, 1.82) is 0 Å². The molecule has 0 atom stereocenters. The molecule has 6 nitrogen and oxygen atoms in total. The number of hydrogen-bond donors (Lipinski definition) is 1. The maximum Gasteiger partial charge on any atom is 0.195 e. The van der Waals surface area contributed by atoms with Crippen LogP contribution in [-0.4, -0.2) is 47.5 Å². The number of nitrogens with zero attached hydrogens (tertiary/aromatic N) is 3. The first-order valence-corrected chi connectivity index (χ1v) is 9.66. The van der Waals surface area contributed by atoms with Crippen LogP contribution in [0.15, 0.2) is 29.4 Å². The van der Waals surface area contributed by atoms with Crippen molar-refractivity contribution in [2.75, 3.05) is 24.3 Å². The molecule has 0 bridgehead atoms. The van der Waals surface area contributed by atoms with Gasteiger partial charge in [-0.2, -0.15) is 0 Å². The predicted molar refractivity (Wildman–Crippen MR) is 91.8 cm³/mol. The van der Waals surface area contributed by atoms with Gasteiger partial charge in [0.25, 0.3) is 0 Å². The van der Waals surface area contributed by atoms with Crippen molar-refractivity contribution in [3.8, 4) is 5.69 Å². The number of halogens is 2. The topological polar surface area (TPSA) is 90.9 Å². The van der Waals surface area contributed by atoms with Crippen molar-refractivity contribution >= 4 is 34.0 Å². The summed E-state index contributed by atoms with van der Waals surface area (Å²) in [6.45, 7) is 0.410. The molecule has 1 heterocycles. The monoisotopic (exact) mass is 380 g/mol. The zero-order valence-corrected chi connectivity index (χ0v) is 14.9. The van der Waals surface area contributed by atoms with Crippen LogP contribution in [0.2, 0.25) is 0 Å². The molecule has 2 N–H and O–H groups in total. The van der Waals surface area contributed by atoms with Crippen LogP contribution in [0.4, 0.5) is 4.39 Å². The number of thioether (sulfide) groups is 1. The molecule has 2 rings (SSSR count). The van der Waals surface area contributed by atoms with E-state index in [2.05, 4.69) is 10.2 Å². The van der Waals surface area contributed by atoms with Gasteiger partial charge in [-0.05, 0) is 30.8 Å². The van der Waals surface area contributed by atoms with E-state index in [0.717, 1.165) is 5.69 Å². The van der Waals surface area contributed by atoms with Crippen molar-refractivity contribution in [3.63, 3.8) is 0 Å². The lowest BCUT2D eigenvalue weighted by Gasteiger charge is -2.09. The van der Waals surface area contributed by atoms with E-state index in [1.807, 2.05) is 0 Å². The van der Waals surface area contributed by atoms with Crippen molar-refractivity contribution in [1.82, 2.24) is 14.8 Å². The number of hydrogen-bond acceptors (Lipinski definition) is 6. The smallest absolute Gasteiger partial charge is 0.195 e. The molecule has 23 heavy (non-hydrogen) atoms. The highest BCUT2D eigenvalue weighted by Gasteiger charge is 2.15. The van der Waals surface area contributed by atoms with Gasteiger partial charge in [-0.25, -0.2) is 12.8 Å². The first-order valence-electron chi connectivity index (χ1n) is 6.61. The normalized spacial score (nSPS) is 11.3. The Bertz CT molecular complexity index is 735. The summed E-state index contributed by atoms with van der Waals surface area (Å²) in [5.41, 5.74) is 6.29. The number of sulfone groups is 1. The SMILES string of the molecule is CS(=O)(=O)CCSc1nnc(CCN)n1-c1ccc(F)cc1.Cl. The lowest BCUT2D eigenvalue weighted by molar-refractivity contribution is 0.603. The largest absolute Gasteiger partial charge is 0.330 e. The molecule has 0 radical (unpaired) electrons. The van der Waals surface area contributed by atoms with Crippen LogP contribution in [0, 0.1) is 5.82 Å². The minimum Gasteiger partial charge on any atom is -0.330 e. The molecule has 0 spiro atoms. The second-order valence-corrected chi connectivity index (χ2v) is 8.05. The van der Waals surface area contributed by atoms with Crippen LogP contribution in [0.25, 0.3) is 5.69 Å². The van der Waals surface area contributed by atoms with Crippen LogP contribution in [0.5, 0.6) is 0 Å². The summed E-state index contributed by atoms with van der Waals surface area (Å²) in [4.78, 5) is 0. The Labute approximate surface area is 145 Å². The van der Waals surface area contributed by atoms with Gasteiger partial charge >= 0.3 is 0 Å². The van der Waals surface area contributed by atoms with Crippen molar-refractivity contribution in [3.05, 3.63) is 35.9 Å². The fourth-order valence-electron chi connectivity index (χ4n) is 1.82. The third kappa shape index (κ3) is 5.76. The van der Waals surface area contributed by atoms with Gasteiger partial charge in [-0.3, -0.25) is 4.57 Å². The maximum absolute atomic E-state index is 13.1. The number of nitrogens with two attached hydrogens (primary N) is 1. The first kappa shape index (κ1) is 19.9. The lowest BCUT2D eigenvalue weighted by Crippen LogP contribution is -2.10. The zero-order chi connectivity index (χ0) is 16.2. The second-order valence-electron chi connectivity index (χ2n) is 4.73. The molecule has 128 valence electrons. The number of aromatic nitrogens is 3. The van der Waals surface area contributed by atoms with Gasteiger partial charge in [-0.15, -0.1) is 22.6 Å². The molecule has 0 aliphatic heterocycles. The van der Waals surface area contributed by atoms with Gasteiger partial charge in [0, 0.05) is 24.1 Å². The summed E-state index contributed by atoms with van der Waals surface area (Å²) in [7, 11) is -3.03. The minimum absolute atomic E-state index is 0. The maximum atomic E-state index is 13.1. The van der Waals surface area contributed by atoms with Crippen LogP contribution < -0.4 is 5.73 Å². The molecule has 1 aromatic carbocycles. The van der Waals surface area contributed by atoms with E-state index in [0.29, 0.717) is 29.7 Å². The van der Waals surface area contributed by atoms with Crippen molar-refractivity contribution < 1.29 is 12.8 Å². The minimum atomic E-state index is -3.03. The third-order valence-corrected chi connectivity index (χ3v) is 4.97. The Morgan fingerprint density at radius 1 is 1.26 bits per heavy atom. The van der Waals surface area contributed by atoms with E-state index in [-0.39, 0.29) is 24.0 Å². The molecule has 0 aliphatic rings. The van der Waals surface area contributed by atoms with E-state index < -0.39 is 9.84 Å². The van der Waals surface area contributed by atoms with Gasteiger partial charge in [0.05, 0.1) is 5.75 Å². The molecule has 2 aromatic rings. The average Bonchev–Trinajstić information content (AvgIpc) is 2.82. The standard InChI is InChI=1S/C13H17FN4O2S2.ClH/c1-22(19,20)9-8-21-13-17-16-12(6-7-15)18(13)11-4-2-10(14)3-5-11;/h2-5H,6-9,15H2,1H3;1H. The molecule has 0 saturated heterocycles. The van der Waals surface area contributed by atoms with E-state index in [1.165, 1.54) is 30.2 Å². The van der Waals surface area contributed by atoms with E-state index >= 15 is 0 Å². The molecular formula is C13H18ClFN4O2S2. The summed E-state index contributed by atoms with van der Waals surface area (Å²) in [5, 5.41) is 8.74. The quantitative estimate of drug-likeness (QED) is 0.731. The Morgan fingerprint density at radius 2 is 1.91 bits per heavy atom. The van der Waals surface area contributed by atoms with Crippen LogP contribution in [0.1, 0.15) is 5.82 Å². The average molecular weight is 381 g/mol. The molecule has 0 fully saturated rings. The summed E-state index contributed by atoms with van der Waals surface area (Å²) in [6.07, 6.45) is 1.72. The Balaban J connectivity index is 0.00000264. The zero-order valence-electron chi connectivity index (χ0n) is 12.5. The number of rotatable bonds is 7. The summed E-state index contributed by atoms with van der Waals surface area (Å²) in [5.74, 6) is 0.764. The summed E-state index contributed by atoms with van der Waals surface area (Å²) < 4.78 is 37.3. The van der Waals surface area contributed by atoms with Crippen molar-refractivity contribution in [2.24, 2.45) is 5.73 Å². The molecule has 0 aliphatic carbocycles. The molecule has 10 heteroatoms. The van der Waals surface area contributed by atoms with Crippen LogP contribution >= 0.6 is 24.2 Å². The van der Waals surface area contributed by atoms with Gasteiger partial charge < -0.3 is 5.73 Å². The lowest BCUT2D eigenvalue weighted by atomic mass is 10.3. The van der Waals surface area contributed by atoms with Crippen LogP contribution in [0.3, 0.4) is 0 Å². The molecule has 1 aromatic heterocycles. The van der Waals surface area contributed by atoms with Crippen LogP contribution in [-0.2, 0) is 16.3 Å². The predicted octanol–water partition coefficient (Wildman–Crippen LogP) is 1.47. The van der Waals surface area contributed by atoms with E-state index in [9.17, 15) is 12.8 Å². The number of benzene rings is 1.